The van der Waals surface area contributed by atoms with Crippen LogP contribution in [0.5, 0.6) is 0 Å². The Kier molecular flexibility index (Phi) is 6.74. The van der Waals surface area contributed by atoms with Gasteiger partial charge in [0.2, 0.25) is 5.69 Å². The number of carbonyl (C=O) groups is 2. The minimum absolute atomic E-state index is 0.101. The Morgan fingerprint density at radius 2 is 1.76 bits per heavy atom. The van der Waals surface area contributed by atoms with E-state index in [9.17, 15) is 19.2 Å². The van der Waals surface area contributed by atoms with Crippen LogP contribution in [0.25, 0.3) is 5.69 Å². The number of aromatic nitrogens is 3. The van der Waals surface area contributed by atoms with Gasteiger partial charge in [-0.2, -0.15) is 5.10 Å². The van der Waals surface area contributed by atoms with Crippen molar-refractivity contribution < 1.29 is 14.3 Å². The summed E-state index contributed by atoms with van der Waals surface area (Å²) < 4.78 is 5.77. The molecule has 0 amide bonds. The van der Waals surface area contributed by atoms with Gasteiger partial charge in [-0.3, -0.25) is 9.59 Å². The van der Waals surface area contributed by atoms with E-state index in [1.54, 1.807) is 24.3 Å². The van der Waals surface area contributed by atoms with Crippen LogP contribution in [0.3, 0.4) is 0 Å². The Morgan fingerprint density at radius 1 is 1.20 bits per heavy atom. The maximum atomic E-state index is 12.3. The standard InChI is InChI=1S/C15H15N3O5.C2H4/c1-9(2)10-4-6-11(7-5-10)18-13(20)12(14(21)23-8-19)16-17(3)15(18)22;1-2/h4-9H,1-3H3;1-2H2. The Morgan fingerprint density at radius 3 is 2.24 bits per heavy atom. The number of esters is 1. The first-order chi connectivity index (χ1) is 11.9. The van der Waals surface area contributed by atoms with Crippen molar-refractivity contribution in [2.45, 2.75) is 19.8 Å². The zero-order chi connectivity index (χ0) is 19.1. The first-order valence-corrected chi connectivity index (χ1v) is 7.32. The third-order valence-corrected chi connectivity index (χ3v) is 3.29. The summed E-state index contributed by atoms with van der Waals surface area (Å²) in [5.74, 6) is -0.924. The molecule has 0 atom stereocenters. The molecule has 8 nitrogen and oxygen atoms in total. The molecule has 0 aliphatic rings. The molecule has 1 aromatic carbocycles. The van der Waals surface area contributed by atoms with Crippen LogP contribution in [-0.2, 0) is 16.6 Å². The zero-order valence-electron chi connectivity index (χ0n) is 14.3. The van der Waals surface area contributed by atoms with Crippen molar-refractivity contribution in [2.24, 2.45) is 7.05 Å². The van der Waals surface area contributed by atoms with Crippen molar-refractivity contribution in [3.8, 4) is 5.69 Å². The molecule has 0 N–H and O–H groups in total. The summed E-state index contributed by atoms with van der Waals surface area (Å²) in [7, 11) is 1.29. The minimum Gasteiger partial charge on any atom is -0.390 e. The smallest absolute Gasteiger partial charge is 0.372 e. The van der Waals surface area contributed by atoms with E-state index in [2.05, 4.69) is 23.0 Å². The maximum absolute atomic E-state index is 12.3. The minimum atomic E-state index is -1.21. The van der Waals surface area contributed by atoms with Gasteiger partial charge in [-0.05, 0) is 23.6 Å². The molecule has 132 valence electrons. The molecular weight excluding hydrogens is 326 g/mol. The van der Waals surface area contributed by atoms with E-state index < -0.39 is 22.9 Å². The molecule has 0 saturated heterocycles. The quantitative estimate of drug-likeness (QED) is 0.357. The van der Waals surface area contributed by atoms with Crippen molar-refractivity contribution >= 4 is 12.4 Å². The largest absolute Gasteiger partial charge is 0.390 e. The van der Waals surface area contributed by atoms with Crippen LogP contribution in [0.15, 0.2) is 47.0 Å². The summed E-state index contributed by atoms with van der Waals surface area (Å²) in [6.07, 6.45) is 0. The van der Waals surface area contributed by atoms with Gasteiger partial charge in [-0.1, -0.05) is 26.0 Å². The molecule has 25 heavy (non-hydrogen) atoms. The van der Waals surface area contributed by atoms with Crippen LogP contribution in [0.4, 0.5) is 0 Å². The Hall–Kier alpha value is -3.29. The van der Waals surface area contributed by atoms with Gasteiger partial charge < -0.3 is 4.74 Å². The molecule has 0 fully saturated rings. The van der Waals surface area contributed by atoms with Crippen molar-refractivity contribution in [3.63, 3.8) is 0 Å². The average Bonchev–Trinajstić information content (AvgIpc) is 2.60. The third kappa shape index (κ3) is 4.17. The van der Waals surface area contributed by atoms with Crippen LogP contribution >= 0.6 is 0 Å². The highest BCUT2D eigenvalue weighted by Gasteiger charge is 2.20. The summed E-state index contributed by atoms with van der Waals surface area (Å²) in [5, 5.41) is 3.56. The monoisotopic (exact) mass is 345 g/mol. The highest BCUT2D eigenvalue weighted by Crippen LogP contribution is 2.15. The van der Waals surface area contributed by atoms with Gasteiger partial charge in [0.1, 0.15) is 0 Å². The molecule has 1 heterocycles. The van der Waals surface area contributed by atoms with Gasteiger partial charge in [-0.25, -0.2) is 18.8 Å². The number of benzene rings is 1. The summed E-state index contributed by atoms with van der Waals surface area (Å²) in [6.45, 7) is 9.93. The number of hydrogen-bond acceptors (Lipinski definition) is 6. The normalized spacial score (nSPS) is 9.92. The lowest BCUT2D eigenvalue weighted by Gasteiger charge is -2.10. The zero-order valence-corrected chi connectivity index (χ0v) is 14.3. The molecule has 1 aromatic heterocycles. The predicted molar refractivity (Wildman–Crippen MR) is 91.9 cm³/mol. The highest BCUT2D eigenvalue weighted by atomic mass is 16.6. The molecule has 0 bridgehead atoms. The topological polar surface area (TPSA) is 100 Å². The molecule has 0 unspecified atom stereocenters. The van der Waals surface area contributed by atoms with Crippen molar-refractivity contribution in [1.82, 2.24) is 14.3 Å². The number of rotatable bonds is 4. The van der Waals surface area contributed by atoms with E-state index >= 15 is 0 Å². The van der Waals surface area contributed by atoms with E-state index in [1.807, 2.05) is 13.8 Å². The van der Waals surface area contributed by atoms with Crippen LogP contribution in [0, 0.1) is 0 Å². The molecule has 8 heteroatoms. The lowest BCUT2D eigenvalue weighted by molar-refractivity contribution is -0.123. The number of carbonyl (C=O) groups excluding carboxylic acids is 2. The van der Waals surface area contributed by atoms with Gasteiger partial charge in [0, 0.05) is 7.05 Å². The van der Waals surface area contributed by atoms with Gasteiger partial charge in [-0.15, -0.1) is 13.2 Å². The summed E-state index contributed by atoms with van der Waals surface area (Å²) >= 11 is 0. The van der Waals surface area contributed by atoms with Crippen molar-refractivity contribution in [1.29, 1.82) is 0 Å². The second kappa shape index (κ2) is 8.53. The first-order valence-electron chi connectivity index (χ1n) is 7.32. The number of nitrogens with zero attached hydrogens (tertiary/aromatic N) is 3. The number of aryl methyl sites for hydroxylation is 1. The van der Waals surface area contributed by atoms with Crippen LogP contribution in [0.1, 0.15) is 35.8 Å². The third-order valence-electron chi connectivity index (χ3n) is 3.29. The van der Waals surface area contributed by atoms with E-state index in [0.29, 0.717) is 11.6 Å². The number of hydrogen-bond donors (Lipinski definition) is 0. The molecule has 0 aliphatic heterocycles. The van der Waals surface area contributed by atoms with Gasteiger partial charge in [0.05, 0.1) is 5.69 Å². The predicted octanol–water partition coefficient (Wildman–Crippen LogP) is 1.17. The molecular formula is C17H19N3O5. The molecule has 2 rings (SSSR count). The highest BCUT2D eigenvalue weighted by molar-refractivity contribution is 5.90. The first kappa shape index (κ1) is 19.8. The van der Waals surface area contributed by atoms with Crippen LogP contribution in [-0.4, -0.2) is 26.8 Å². The lowest BCUT2D eigenvalue weighted by atomic mass is 10.0. The Bertz CT molecular complexity index is 879. The summed E-state index contributed by atoms with van der Waals surface area (Å²) in [6, 6.07) is 6.78. The lowest BCUT2D eigenvalue weighted by Crippen LogP contribution is -2.43. The van der Waals surface area contributed by atoms with Crippen molar-refractivity contribution in [3.05, 3.63) is 69.5 Å². The fraction of sp³-hybridized carbons (Fsp3) is 0.235. The fourth-order valence-electron chi connectivity index (χ4n) is 2.04. The average molecular weight is 345 g/mol. The van der Waals surface area contributed by atoms with E-state index in [1.165, 1.54) is 7.05 Å². The second-order valence-corrected chi connectivity index (χ2v) is 5.14. The summed E-state index contributed by atoms with van der Waals surface area (Å²) in [4.78, 5) is 46.4. The van der Waals surface area contributed by atoms with Crippen LogP contribution in [0.2, 0.25) is 0 Å². The van der Waals surface area contributed by atoms with Gasteiger partial charge in [0.25, 0.3) is 5.56 Å². The second-order valence-electron chi connectivity index (χ2n) is 5.14. The van der Waals surface area contributed by atoms with E-state index in [4.69, 9.17) is 0 Å². The number of ether oxygens (including phenoxy) is 1. The molecule has 0 aliphatic carbocycles. The van der Waals surface area contributed by atoms with Crippen LogP contribution < -0.4 is 11.2 Å². The Labute approximate surface area is 144 Å². The van der Waals surface area contributed by atoms with Crippen molar-refractivity contribution in [2.75, 3.05) is 0 Å². The SMILES string of the molecule is C=C.CC(C)c1ccc(-n2c(=O)c(C(=O)OC=O)nn(C)c2=O)cc1. The summed E-state index contributed by atoms with van der Waals surface area (Å²) in [5.41, 5.74) is -0.977. The van der Waals surface area contributed by atoms with E-state index in [-0.39, 0.29) is 6.47 Å². The van der Waals surface area contributed by atoms with Gasteiger partial charge in [0.15, 0.2) is 0 Å². The van der Waals surface area contributed by atoms with E-state index in [0.717, 1.165) is 14.8 Å². The van der Waals surface area contributed by atoms with Gasteiger partial charge >= 0.3 is 18.1 Å². The molecule has 2 aromatic rings. The molecule has 0 spiro atoms. The fourth-order valence-corrected chi connectivity index (χ4v) is 2.04. The maximum Gasteiger partial charge on any atom is 0.372 e. The molecule has 0 saturated carbocycles. The molecule has 0 radical (unpaired) electrons. The Balaban J connectivity index is 0.00000151.